The third-order valence-corrected chi connectivity index (χ3v) is 3.72. The van der Waals surface area contributed by atoms with Gasteiger partial charge in [-0.25, -0.2) is 4.39 Å². The summed E-state index contributed by atoms with van der Waals surface area (Å²) in [4.78, 5) is 11.1. The molecule has 0 fully saturated rings. The number of halogens is 3. The van der Waals surface area contributed by atoms with Crippen molar-refractivity contribution in [2.45, 2.75) is 13.3 Å². The monoisotopic (exact) mass is 338 g/mol. The Kier molecular flexibility index (Phi) is 4.73. The van der Waals surface area contributed by atoms with E-state index in [1.54, 1.807) is 19.1 Å². The summed E-state index contributed by atoms with van der Waals surface area (Å²) >= 11 is 6.26. The molecule has 0 amide bonds. The van der Waals surface area contributed by atoms with Crippen molar-refractivity contribution in [2.75, 3.05) is 6.61 Å². The Morgan fingerprint density at radius 2 is 2.13 bits per heavy atom. The van der Waals surface area contributed by atoms with Crippen LogP contribution in [-0.4, -0.2) is 12.6 Å². The largest absolute Gasteiger partial charge is 0.466 e. The Bertz CT molecular complexity index is 380. The lowest BCUT2D eigenvalue weighted by atomic mass is 10.1. The Hall–Kier alpha value is -0.420. The van der Waals surface area contributed by atoms with Crippen LogP contribution in [0.15, 0.2) is 21.1 Å². The van der Waals surface area contributed by atoms with Gasteiger partial charge in [0.1, 0.15) is 5.82 Å². The van der Waals surface area contributed by atoms with Crippen molar-refractivity contribution >= 4 is 37.8 Å². The van der Waals surface area contributed by atoms with Gasteiger partial charge in [-0.05, 0) is 44.8 Å². The van der Waals surface area contributed by atoms with Gasteiger partial charge in [0.25, 0.3) is 0 Å². The molecule has 0 unspecified atom stereocenters. The van der Waals surface area contributed by atoms with E-state index < -0.39 is 11.8 Å². The molecule has 0 saturated heterocycles. The molecule has 0 radical (unpaired) electrons. The molecular formula is C10H9Br2FO2. The highest BCUT2D eigenvalue weighted by molar-refractivity contribution is 9.13. The third-order valence-electron chi connectivity index (χ3n) is 1.76. The molecule has 0 atom stereocenters. The number of esters is 1. The van der Waals surface area contributed by atoms with Crippen LogP contribution in [0.1, 0.15) is 12.5 Å². The average Bonchev–Trinajstić information content (AvgIpc) is 2.20. The molecule has 0 aliphatic heterocycles. The summed E-state index contributed by atoms with van der Waals surface area (Å²) in [6.45, 7) is 2.02. The van der Waals surface area contributed by atoms with Crippen LogP contribution < -0.4 is 0 Å². The number of benzene rings is 1. The maximum atomic E-state index is 13.6. The summed E-state index contributed by atoms with van der Waals surface area (Å²) in [6.07, 6.45) is -0.0500. The van der Waals surface area contributed by atoms with Crippen LogP contribution in [0.25, 0.3) is 0 Å². The van der Waals surface area contributed by atoms with Gasteiger partial charge in [-0.2, -0.15) is 0 Å². The van der Waals surface area contributed by atoms with Crippen molar-refractivity contribution in [3.05, 3.63) is 32.5 Å². The molecule has 0 saturated carbocycles. The molecule has 0 spiro atoms. The maximum Gasteiger partial charge on any atom is 0.310 e. The third kappa shape index (κ3) is 3.28. The van der Waals surface area contributed by atoms with Crippen molar-refractivity contribution in [2.24, 2.45) is 0 Å². The van der Waals surface area contributed by atoms with Crippen molar-refractivity contribution in [1.82, 2.24) is 0 Å². The second kappa shape index (κ2) is 5.61. The minimum atomic E-state index is -0.433. The predicted molar refractivity (Wildman–Crippen MR) is 62.1 cm³/mol. The first-order chi connectivity index (χ1) is 7.06. The van der Waals surface area contributed by atoms with Crippen LogP contribution in [0.5, 0.6) is 0 Å². The molecule has 1 aromatic carbocycles. The fourth-order valence-corrected chi connectivity index (χ4v) is 1.76. The molecule has 0 bridgehead atoms. The summed E-state index contributed by atoms with van der Waals surface area (Å²) in [7, 11) is 0. The van der Waals surface area contributed by atoms with E-state index in [0.29, 0.717) is 21.1 Å². The van der Waals surface area contributed by atoms with E-state index >= 15 is 0 Å². The number of hydrogen-bond donors (Lipinski definition) is 0. The lowest BCUT2D eigenvalue weighted by molar-refractivity contribution is -0.142. The number of rotatable bonds is 3. The van der Waals surface area contributed by atoms with E-state index in [9.17, 15) is 9.18 Å². The van der Waals surface area contributed by atoms with Gasteiger partial charge >= 0.3 is 5.97 Å². The maximum absolute atomic E-state index is 13.6. The second-order valence-electron chi connectivity index (χ2n) is 2.82. The molecule has 0 heterocycles. The zero-order valence-corrected chi connectivity index (χ0v) is 11.2. The number of carbonyl (C=O) groups excluding carboxylic acids is 1. The van der Waals surface area contributed by atoms with Crippen LogP contribution in [0, 0.1) is 5.82 Å². The molecular weight excluding hydrogens is 331 g/mol. The van der Waals surface area contributed by atoms with Gasteiger partial charge in [0.05, 0.1) is 17.5 Å². The fourth-order valence-electron chi connectivity index (χ4n) is 1.07. The van der Waals surface area contributed by atoms with Crippen molar-refractivity contribution < 1.29 is 13.9 Å². The Morgan fingerprint density at radius 1 is 1.47 bits per heavy atom. The van der Waals surface area contributed by atoms with Gasteiger partial charge in [-0.1, -0.05) is 6.07 Å². The van der Waals surface area contributed by atoms with Crippen molar-refractivity contribution in [1.29, 1.82) is 0 Å². The van der Waals surface area contributed by atoms with Crippen molar-refractivity contribution in [3.8, 4) is 0 Å². The Labute approximate surface area is 104 Å². The molecule has 0 aliphatic rings. The molecule has 1 rings (SSSR count). The Morgan fingerprint density at radius 3 is 2.73 bits per heavy atom. The van der Waals surface area contributed by atoms with E-state index in [2.05, 4.69) is 31.9 Å². The molecule has 0 aromatic heterocycles. The molecule has 15 heavy (non-hydrogen) atoms. The van der Waals surface area contributed by atoms with Gasteiger partial charge in [0.2, 0.25) is 0 Å². The first-order valence-electron chi connectivity index (χ1n) is 4.34. The Balaban J connectivity index is 2.87. The molecule has 82 valence electrons. The van der Waals surface area contributed by atoms with Gasteiger partial charge in [0.15, 0.2) is 0 Å². The smallest absolute Gasteiger partial charge is 0.310 e. The average molecular weight is 340 g/mol. The van der Waals surface area contributed by atoms with Gasteiger partial charge in [-0.3, -0.25) is 4.79 Å². The van der Waals surface area contributed by atoms with Crippen LogP contribution >= 0.6 is 31.9 Å². The first-order valence-corrected chi connectivity index (χ1v) is 5.92. The molecule has 5 heteroatoms. The zero-order valence-electron chi connectivity index (χ0n) is 8.02. The predicted octanol–water partition coefficient (Wildman–Crippen LogP) is 3.46. The van der Waals surface area contributed by atoms with E-state index in [1.165, 1.54) is 0 Å². The van der Waals surface area contributed by atoms with Crippen LogP contribution in [0.3, 0.4) is 0 Å². The van der Waals surface area contributed by atoms with E-state index in [4.69, 9.17) is 4.74 Å². The van der Waals surface area contributed by atoms with Crippen LogP contribution in [-0.2, 0) is 16.0 Å². The summed E-state index contributed by atoms with van der Waals surface area (Å²) in [5.74, 6) is -0.858. The molecule has 0 N–H and O–H groups in total. The molecule has 1 aromatic rings. The van der Waals surface area contributed by atoms with Gasteiger partial charge < -0.3 is 4.74 Å². The quantitative estimate of drug-likeness (QED) is 0.622. The standard InChI is InChI=1S/C10H9Br2FO2/c1-2-15-8(14)5-6-3-4-7(11)9(12)10(6)13/h3-4H,2,5H2,1H3. The number of ether oxygens (including phenoxy) is 1. The first kappa shape index (κ1) is 12.6. The highest BCUT2D eigenvalue weighted by atomic mass is 79.9. The van der Waals surface area contributed by atoms with Crippen molar-refractivity contribution in [3.63, 3.8) is 0 Å². The lowest BCUT2D eigenvalue weighted by Crippen LogP contribution is -2.09. The van der Waals surface area contributed by atoms with Crippen LogP contribution in [0.2, 0.25) is 0 Å². The van der Waals surface area contributed by atoms with E-state index in [-0.39, 0.29) is 6.42 Å². The fraction of sp³-hybridized carbons (Fsp3) is 0.300. The van der Waals surface area contributed by atoms with Crippen LogP contribution in [0.4, 0.5) is 4.39 Å². The second-order valence-corrected chi connectivity index (χ2v) is 4.46. The number of hydrogen-bond acceptors (Lipinski definition) is 2. The topological polar surface area (TPSA) is 26.3 Å². The summed E-state index contributed by atoms with van der Waals surface area (Å²) < 4.78 is 19.3. The zero-order chi connectivity index (χ0) is 11.4. The number of carbonyl (C=O) groups is 1. The minimum Gasteiger partial charge on any atom is -0.466 e. The highest BCUT2D eigenvalue weighted by Gasteiger charge is 2.13. The van der Waals surface area contributed by atoms with Gasteiger partial charge in [-0.15, -0.1) is 0 Å². The SMILES string of the molecule is CCOC(=O)Cc1ccc(Br)c(Br)c1F. The summed E-state index contributed by atoms with van der Waals surface area (Å²) in [6, 6.07) is 3.24. The van der Waals surface area contributed by atoms with Gasteiger partial charge in [0, 0.05) is 10.0 Å². The minimum absolute atomic E-state index is 0.0500. The van der Waals surface area contributed by atoms with E-state index in [1.807, 2.05) is 0 Å². The highest BCUT2D eigenvalue weighted by Crippen LogP contribution is 2.28. The normalized spacial score (nSPS) is 10.1. The lowest BCUT2D eigenvalue weighted by Gasteiger charge is -2.05. The molecule has 2 nitrogen and oxygen atoms in total. The molecule has 0 aliphatic carbocycles. The van der Waals surface area contributed by atoms with E-state index in [0.717, 1.165) is 0 Å². The summed E-state index contributed by atoms with van der Waals surface area (Å²) in [5, 5.41) is 0. The summed E-state index contributed by atoms with van der Waals surface area (Å²) in [5.41, 5.74) is 0.323.